The molecule has 142 valence electrons. The molecule has 0 saturated heterocycles. The van der Waals surface area contributed by atoms with E-state index in [0.29, 0.717) is 23.8 Å². The molecule has 0 aliphatic rings. The Morgan fingerprint density at radius 1 is 1.00 bits per heavy atom. The molecule has 2 heterocycles. The van der Waals surface area contributed by atoms with Crippen LogP contribution in [0.1, 0.15) is 25.2 Å². The molecule has 4 aromatic rings. The highest BCUT2D eigenvalue weighted by molar-refractivity contribution is 7.21. The minimum Gasteiger partial charge on any atom is -0.309 e. The normalized spacial score (nSPS) is 11.6. The number of H-pyrrole nitrogens is 1. The zero-order valence-electron chi connectivity index (χ0n) is 16.1. The van der Waals surface area contributed by atoms with E-state index in [-0.39, 0.29) is 5.56 Å². The van der Waals surface area contributed by atoms with Crippen molar-refractivity contribution in [3.8, 4) is 10.4 Å². The number of aromatic amines is 1. The van der Waals surface area contributed by atoms with Gasteiger partial charge in [-0.15, -0.1) is 11.3 Å². The molecule has 2 aromatic carbocycles. The first-order valence-corrected chi connectivity index (χ1v) is 10.3. The van der Waals surface area contributed by atoms with E-state index in [1.54, 1.807) is 11.3 Å². The summed E-state index contributed by atoms with van der Waals surface area (Å²) in [5.74, 6) is 0.712. The third-order valence-corrected chi connectivity index (χ3v) is 5.90. The van der Waals surface area contributed by atoms with Crippen LogP contribution in [0.5, 0.6) is 0 Å². The van der Waals surface area contributed by atoms with Gasteiger partial charge in [0, 0.05) is 17.5 Å². The van der Waals surface area contributed by atoms with Crippen LogP contribution < -0.4 is 5.56 Å². The number of nitrogens with one attached hydrogen (secondary N) is 1. The molecule has 0 fully saturated rings. The van der Waals surface area contributed by atoms with Crippen molar-refractivity contribution in [1.29, 1.82) is 0 Å². The third-order valence-electron chi connectivity index (χ3n) is 4.82. The largest absolute Gasteiger partial charge is 0.309 e. The number of thiophene rings is 1. The van der Waals surface area contributed by atoms with Gasteiger partial charge in [0.15, 0.2) is 0 Å². The van der Waals surface area contributed by atoms with Crippen molar-refractivity contribution in [1.82, 2.24) is 14.9 Å². The molecule has 0 saturated carbocycles. The predicted octanol–water partition coefficient (Wildman–Crippen LogP) is 5.06. The highest BCUT2D eigenvalue weighted by atomic mass is 32.1. The summed E-state index contributed by atoms with van der Waals surface area (Å²) in [5, 5.41) is 0.659. The first kappa shape index (κ1) is 18.6. The van der Waals surface area contributed by atoms with Gasteiger partial charge in [0.25, 0.3) is 5.56 Å². The molecule has 0 bridgehead atoms. The third kappa shape index (κ3) is 4.06. The van der Waals surface area contributed by atoms with Crippen molar-refractivity contribution in [2.45, 2.75) is 33.0 Å². The molecule has 28 heavy (non-hydrogen) atoms. The molecule has 0 unspecified atom stereocenters. The SMILES string of the molecule is CC(C)N(Cc1ccccc1)Cc1nc2sc(-c3ccccc3)cc2c(=O)[nH]1. The van der Waals surface area contributed by atoms with E-state index in [1.807, 2.05) is 30.3 Å². The lowest BCUT2D eigenvalue weighted by atomic mass is 10.2. The van der Waals surface area contributed by atoms with E-state index in [1.165, 1.54) is 5.56 Å². The van der Waals surface area contributed by atoms with Crippen LogP contribution in [0.4, 0.5) is 0 Å². The zero-order chi connectivity index (χ0) is 19.5. The van der Waals surface area contributed by atoms with Crippen molar-refractivity contribution in [3.63, 3.8) is 0 Å². The minimum absolute atomic E-state index is 0.0677. The fourth-order valence-electron chi connectivity index (χ4n) is 3.23. The second-order valence-corrected chi connectivity index (χ2v) is 8.22. The van der Waals surface area contributed by atoms with Gasteiger partial charge in [-0.25, -0.2) is 4.98 Å². The Bertz CT molecular complexity index is 1120. The Kier molecular flexibility index (Phi) is 5.37. The number of rotatable bonds is 6. The molecule has 0 radical (unpaired) electrons. The highest BCUT2D eigenvalue weighted by Crippen LogP contribution is 2.30. The van der Waals surface area contributed by atoms with E-state index in [4.69, 9.17) is 4.98 Å². The summed E-state index contributed by atoms with van der Waals surface area (Å²) in [4.78, 5) is 24.6. The number of aromatic nitrogens is 2. The van der Waals surface area contributed by atoms with Crippen molar-refractivity contribution in [3.05, 3.63) is 88.5 Å². The van der Waals surface area contributed by atoms with Crippen molar-refractivity contribution in [2.75, 3.05) is 0 Å². The average molecular weight is 390 g/mol. The molecule has 0 spiro atoms. The summed E-state index contributed by atoms with van der Waals surface area (Å²) >= 11 is 1.57. The summed E-state index contributed by atoms with van der Waals surface area (Å²) in [6.45, 7) is 5.76. The van der Waals surface area contributed by atoms with Crippen LogP contribution >= 0.6 is 11.3 Å². The molecular weight excluding hydrogens is 366 g/mol. The van der Waals surface area contributed by atoms with Gasteiger partial charge in [-0.2, -0.15) is 0 Å². The lowest BCUT2D eigenvalue weighted by molar-refractivity contribution is 0.198. The minimum atomic E-state index is -0.0677. The second-order valence-electron chi connectivity index (χ2n) is 7.19. The van der Waals surface area contributed by atoms with Crippen LogP contribution in [-0.4, -0.2) is 20.9 Å². The Morgan fingerprint density at radius 2 is 1.68 bits per heavy atom. The molecule has 0 atom stereocenters. The van der Waals surface area contributed by atoms with Gasteiger partial charge in [-0.3, -0.25) is 9.69 Å². The Balaban J connectivity index is 1.63. The summed E-state index contributed by atoms with van der Waals surface area (Å²) in [5.41, 5.74) is 2.29. The van der Waals surface area contributed by atoms with Gasteiger partial charge in [0.1, 0.15) is 10.7 Å². The van der Waals surface area contributed by atoms with Crippen LogP contribution in [0.2, 0.25) is 0 Å². The van der Waals surface area contributed by atoms with Gasteiger partial charge in [-0.05, 0) is 31.0 Å². The number of hydrogen-bond donors (Lipinski definition) is 1. The van der Waals surface area contributed by atoms with Crippen LogP contribution in [0.3, 0.4) is 0 Å². The maximum absolute atomic E-state index is 12.6. The quantitative estimate of drug-likeness (QED) is 0.501. The van der Waals surface area contributed by atoms with Gasteiger partial charge >= 0.3 is 0 Å². The summed E-state index contributed by atoms with van der Waals surface area (Å²) < 4.78 is 0. The van der Waals surface area contributed by atoms with Gasteiger partial charge in [-0.1, -0.05) is 60.7 Å². The molecule has 0 aliphatic heterocycles. The molecule has 4 rings (SSSR count). The van der Waals surface area contributed by atoms with Crippen molar-refractivity contribution < 1.29 is 0 Å². The number of benzene rings is 2. The van der Waals surface area contributed by atoms with Crippen molar-refractivity contribution in [2.24, 2.45) is 0 Å². The fraction of sp³-hybridized carbons (Fsp3) is 0.217. The summed E-state index contributed by atoms with van der Waals surface area (Å²) in [6.07, 6.45) is 0. The number of fused-ring (bicyclic) bond motifs is 1. The lowest BCUT2D eigenvalue weighted by Crippen LogP contribution is -2.31. The first-order valence-electron chi connectivity index (χ1n) is 9.46. The summed E-state index contributed by atoms with van der Waals surface area (Å²) in [7, 11) is 0. The molecule has 5 heteroatoms. The van der Waals surface area contributed by atoms with E-state index in [2.05, 4.69) is 60.1 Å². The molecule has 2 aromatic heterocycles. The average Bonchev–Trinajstić information content (AvgIpc) is 3.14. The van der Waals surface area contributed by atoms with Gasteiger partial charge < -0.3 is 4.98 Å². The lowest BCUT2D eigenvalue weighted by Gasteiger charge is -2.26. The molecule has 4 nitrogen and oxygen atoms in total. The maximum Gasteiger partial charge on any atom is 0.259 e. The van der Waals surface area contributed by atoms with Crippen LogP contribution in [0, 0.1) is 0 Å². The Labute approximate surface area is 168 Å². The smallest absolute Gasteiger partial charge is 0.259 e. The topological polar surface area (TPSA) is 49.0 Å². The Morgan fingerprint density at radius 3 is 2.36 bits per heavy atom. The second kappa shape index (κ2) is 8.09. The number of hydrogen-bond acceptors (Lipinski definition) is 4. The number of nitrogens with zero attached hydrogens (tertiary/aromatic N) is 2. The predicted molar refractivity (Wildman–Crippen MR) is 117 cm³/mol. The highest BCUT2D eigenvalue weighted by Gasteiger charge is 2.15. The van der Waals surface area contributed by atoms with Crippen LogP contribution in [-0.2, 0) is 13.1 Å². The van der Waals surface area contributed by atoms with E-state index >= 15 is 0 Å². The Hall–Kier alpha value is -2.76. The fourth-order valence-corrected chi connectivity index (χ4v) is 4.28. The van der Waals surface area contributed by atoms with Crippen LogP contribution in [0.15, 0.2) is 71.5 Å². The molecule has 1 N–H and O–H groups in total. The van der Waals surface area contributed by atoms with Gasteiger partial charge in [0.05, 0.1) is 11.9 Å². The molecule has 0 aliphatic carbocycles. The monoisotopic (exact) mass is 389 g/mol. The zero-order valence-corrected chi connectivity index (χ0v) is 16.9. The first-order chi connectivity index (χ1) is 13.6. The van der Waals surface area contributed by atoms with E-state index in [0.717, 1.165) is 21.8 Å². The molecule has 0 amide bonds. The van der Waals surface area contributed by atoms with E-state index < -0.39 is 0 Å². The van der Waals surface area contributed by atoms with E-state index in [9.17, 15) is 4.79 Å². The summed E-state index contributed by atoms with van der Waals surface area (Å²) in [6, 6.07) is 22.8. The maximum atomic E-state index is 12.6. The van der Waals surface area contributed by atoms with Gasteiger partial charge in [0.2, 0.25) is 0 Å². The van der Waals surface area contributed by atoms with Crippen molar-refractivity contribution >= 4 is 21.6 Å². The van der Waals surface area contributed by atoms with Crippen LogP contribution in [0.25, 0.3) is 20.7 Å². The standard InChI is InChI=1S/C23H23N3OS/c1-16(2)26(14-17-9-5-3-6-10-17)15-21-24-22(27)19-13-20(28-23(19)25-21)18-11-7-4-8-12-18/h3-13,16H,14-15H2,1-2H3,(H,24,25,27). The molecular formula is C23H23N3OS.